The zero-order chi connectivity index (χ0) is 21.0. The van der Waals surface area contributed by atoms with E-state index in [1.54, 1.807) is 36.5 Å². The first-order valence-electron chi connectivity index (χ1n) is 9.08. The first kappa shape index (κ1) is 21.1. The number of hydrogen-bond donors (Lipinski definition) is 2. The van der Waals surface area contributed by atoms with Crippen LogP contribution in [-0.2, 0) is 6.54 Å². The molecule has 2 aromatic carbocycles. The minimum atomic E-state index is -0.310. The van der Waals surface area contributed by atoms with Gasteiger partial charge in [-0.2, -0.15) is 0 Å². The molecule has 0 aliphatic heterocycles. The van der Waals surface area contributed by atoms with E-state index in [0.29, 0.717) is 33.7 Å². The summed E-state index contributed by atoms with van der Waals surface area (Å²) in [6, 6.07) is 13.0. The van der Waals surface area contributed by atoms with Gasteiger partial charge in [-0.15, -0.1) is 0 Å². The summed E-state index contributed by atoms with van der Waals surface area (Å²) >= 11 is 12.1. The van der Waals surface area contributed by atoms with E-state index >= 15 is 0 Å². The lowest BCUT2D eigenvalue weighted by atomic mass is 9.98. The molecule has 0 bridgehead atoms. The molecule has 0 saturated carbocycles. The van der Waals surface area contributed by atoms with Crippen LogP contribution in [0.15, 0.2) is 54.7 Å². The van der Waals surface area contributed by atoms with Gasteiger partial charge < -0.3 is 10.6 Å². The van der Waals surface area contributed by atoms with Crippen LogP contribution < -0.4 is 10.6 Å². The van der Waals surface area contributed by atoms with Crippen molar-refractivity contribution in [3.8, 4) is 0 Å². The van der Waals surface area contributed by atoms with Crippen LogP contribution in [0, 0.1) is 5.82 Å². The summed E-state index contributed by atoms with van der Waals surface area (Å²) in [5, 5.41) is 7.04. The van der Waals surface area contributed by atoms with Crippen molar-refractivity contribution >= 4 is 40.6 Å². The zero-order valence-corrected chi connectivity index (χ0v) is 17.5. The fourth-order valence-electron chi connectivity index (χ4n) is 2.82. The SMILES string of the molecule is CC(C)c1cc(Nc2ccc(Cl)cc2Cl)ncc1C(=O)NCc1ccc(F)cc1. The summed E-state index contributed by atoms with van der Waals surface area (Å²) < 4.78 is 13.0. The molecule has 0 radical (unpaired) electrons. The quantitative estimate of drug-likeness (QED) is 0.479. The van der Waals surface area contributed by atoms with Crippen molar-refractivity contribution in [2.45, 2.75) is 26.3 Å². The second kappa shape index (κ2) is 9.25. The predicted octanol–water partition coefficient (Wildman–Crippen LogP) is 6.32. The van der Waals surface area contributed by atoms with E-state index in [2.05, 4.69) is 15.6 Å². The van der Waals surface area contributed by atoms with Gasteiger partial charge in [0.1, 0.15) is 11.6 Å². The Labute approximate surface area is 179 Å². The molecule has 7 heteroatoms. The number of carbonyl (C=O) groups is 1. The molecule has 0 spiro atoms. The highest BCUT2D eigenvalue weighted by atomic mass is 35.5. The van der Waals surface area contributed by atoms with Crippen molar-refractivity contribution in [1.82, 2.24) is 10.3 Å². The van der Waals surface area contributed by atoms with Gasteiger partial charge in [0.15, 0.2) is 0 Å². The molecule has 4 nitrogen and oxygen atoms in total. The van der Waals surface area contributed by atoms with Crippen LogP contribution in [0.5, 0.6) is 0 Å². The number of nitrogens with zero attached hydrogens (tertiary/aromatic N) is 1. The van der Waals surface area contributed by atoms with Crippen molar-refractivity contribution in [2.24, 2.45) is 0 Å². The molecule has 0 aliphatic carbocycles. The summed E-state index contributed by atoms with van der Waals surface area (Å²) in [7, 11) is 0. The van der Waals surface area contributed by atoms with Gasteiger partial charge in [0.2, 0.25) is 0 Å². The average Bonchev–Trinajstić information content (AvgIpc) is 2.69. The largest absolute Gasteiger partial charge is 0.348 e. The number of rotatable bonds is 6. The van der Waals surface area contributed by atoms with E-state index in [4.69, 9.17) is 23.2 Å². The number of carbonyl (C=O) groups excluding carboxylic acids is 1. The number of amides is 1. The number of anilines is 2. The van der Waals surface area contributed by atoms with E-state index in [-0.39, 0.29) is 17.6 Å². The van der Waals surface area contributed by atoms with Gasteiger partial charge in [-0.3, -0.25) is 4.79 Å². The molecule has 29 heavy (non-hydrogen) atoms. The van der Waals surface area contributed by atoms with Gasteiger partial charge in [-0.1, -0.05) is 49.2 Å². The molecular formula is C22H20Cl2FN3O. The molecule has 2 N–H and O–H groups in total. The monoisotopic (exact) mass is 431 g/mol. The number of benzene rings is 2. The lowest BCUT2D eigenvalue weighted by Crippen LogP contribution is -2.24. The second-order valence-electron chi connectivity index (χ2n) is 6.87. The van der Waals surface area contributed by atoms with E-state index in [1.165, 1.54) is 12.1 Å². The summed E-state index contributed by atoms with van der Waals surface area (Å²) in [6.07, 6.45) is 1.54. The van der Waals surface area contributed by atoms with E-state index < -0.39 is 0 Å². The maximum atomic E-state index is 13.0. The van der Waals surface area contributed by atoms with Crippen LogP contribution in [0.2, 0.25) is 10.0 Å². The van der Waals surface area contributed by atoms with Crippen LogP contribution >= 0.6 is 23.2 Å². The highest BCUT2D eigenvalue weighted by Gasteiger charge is 2.16. The second-order valence-corrected chi connectivity index (χ2v) is 7.71. The minimum Gasteiger partial charge on any atom is -0.348 e. The molecule has 3 aromatic rings. The van der Waals surface area contributed by atoms with E-state index in [0.717, 1.165) is 11.1 Å². The molecule has 1 heterocycles. The number of aromatic nitrogens is 1. The maximum absolute atomic E-state index is 13.0. The first-order valence-corrected chi connectivity index (χ1v) is 9.83. The molecular weight excluding hydrogens is 412 g/mol. The van der Waals surface area contributed by atoms with Gasteiger partial charge in [0.25, 0.3) is 5.91 Å². The summed E-state index contributed by atoms with van der Waals surface area (Å²) in [4.78, 5) is 17.0. The first-order chi connectivity index (χ1) is 13.8. The Kier molecular flexibility index (Phi) is 6.72. The Morgan fingerprint density at radius 1 is 1.10 bits per heavy atom. The van der Waals surface area contributed by atoms with Crippen LogP contribution in [0.25, 0.3) is 0 Å². The number of pyridine rings is 1. The summed E-state index contributed by atoms with van der Waals surface area (Å²) in [6.45, 7) is 4.31. The molecule has 1 amide bonds. The molecule has 0 unspecified atom stereocenters. The standard InChI is InChI=1S/C22H20Cl2FN3O/c1-13(2)17-10-21(28-20-8-5-15(23)9-19(20)24)26-12-18(17)22(29)27-11-14-3-6-16(25)7-4-14/h3-10,12-13H,11H2,1-2H3,(H,26,28)(H,27,29). The van der Waals surface area contributed by atoms with Crippen LogP contribution in [0.3, 0.4) is 0 Å². The molecule has 1 aromatic heterocycles. The van der Waals surface area contributed by atoms with E-state index in [9.17, 15) is 9.18 Å². The third kappa shape index (κ3) is 5.46. The van der Waals surface area contributed by atoms with Crippen molar-refractivity contribution in [3.05, 3.63) is 87.3 Å². The Balaban J connectivity index is 1.78. The van der Waals surface area contributed by atoms with Crippen molar-refractivity contribution < 1.29 is 9.18 Å². The predicted molar refractivity (Wildman–Crippen MR) is 116 cm³/mol. The highest BCUT2D eigenvalue weighted by molar-refractivity contribution is 6.36. The number of halogens is 3. The van der Waals surface area contributed by atoms with E-state index in [1.807, 2.05) is 19.9 Å². The lowest BCUT2D eigenvalue weighted by Gasteiger charge is -2.15. The molecule has 0 saturated heterocycles. The van der Waals surface area contributed by atoms with Crippen LogP contribution in [-0.4, -0.2) is 10.9 Å². The third-order valence-corrected chi connectivity index (χ3v) is 4.91. The van der Waals surface area contributed by atoms with Crippen LogP contribution in [0.1, 0.15) is 41.3 Å². The third-order valence-electron chi connectivity index (χ3n) is 4.36. The zero-order valence-electron chi connectivity index (χ0n) is 16.0. The minimum absolute atomic E-state index is 0.103. The Morgan fingerprint density at radius 2 is 1.83 bits per heavy atom. The summed E-state index contributed by atoms with van der Waals surface area (Å²) in [5.41, 5.74) is 2.83. The molecule has 0 atom stereocenters. The molecule has 0 fully saturated rings. The number of nitrogens with one attached hydrogen (secondary N) is 2. The van der Waals surface area contributed by atoms with Gasteiger partial charge in [-0.05, 0) is 53.4 Å². The Morgan fingerprint density at radius 3 is 2.48 bits per heavy atom. The van der Waals surface area contributed by atoms with Crippen molar-refractivity contribution in [2.75, 3.05) is 5.32 Å². The molecule has 0 aliphatic rings. The molecule has 150 valence electrons. The number of hydrogen-bond acceptors (Lipinski definition) is 3. The van der Waals surface area contributed by atoms with Gasteiger partial charge in [0.05, 0.1) is 16.3 Å². The summed E-state index contributed by atoms with van der Waals surface area (Å²) in [5.74, 6) is 0.135. The maximum Gasteiger partial charge on any atom is 0.253 e. The lowest BCUT2D eigenvalue weighted by molar-refractivity contribution is 0.0949. The fraction of sp³-hybridized carbons (Fsp3) is 0.182. The Hall–Kier alpha value is -2.63. The molecule has 3 rings (SSSR count). The smallest absolute Gasteiger partial charge is 0.253 e. The van der Waals surface area contributed by atoms with Crippen LogP contribution in [0.4, 0.5) is 15.9 Å². The topological polar surface area (TPSA) is 54.0 Å². The van der Waals surface area contributed by atoms with Gasteiger partial charge >= 0.3 is 0 Å². The van der Waals surface area contributed by atoms with Gasteiger partial charge in [0, 0.05) is 17.8 Å². The van der Waals surface area contributed by atoms with Gasteiger partial charge in [-0.25, -0.2) is 9.37 Å². The average molecular weight is 432 g/mol. The van der Waals surface area contributed by atoms with Crippen molar-refractivity contribution in [1.29, 1.82) is 0 Å². The highest BCUT2D eigenvalue weighted by Crippen LogP contribution is 2.29. The normalized spacial score (nSPS) is 10.8. The van der Waals surface area contributed by atoms with Crippen molar-refractivity contribution in [3.63, 3.8) is 0 Å². The Bertz CT molecular complexity index is 1020. The fourth-order valence-corrected chi connectivity index (χ4v) is 3.27.